The third-order valence-corrected chi connectivity index (χ3v) is 6.58. The molecule has 1 amide bonds. The van der Waals surface area contributed by atoms with E-state index in [4.69, 9.17) is 11.6 Å². The second kappa shape index (κ2) is 8.70. The molecule has 2 heterocycles. The van der Waals surface area contributed by atoms with Crippen LogP contribution in [0.15, 0.2) is 47.6 Å². The fourth-order valence-corrected chi connectivity index (χ4v) is 4.71. The molecule has 0 aliphatic carbocycles. The quantitative estimate of drug-likeness (QED) is 0.589. The van der Waals surface area contributed by atoms with Crippen molar-refractivity contribution >= 4 is 35.0 Å². The summed E-state index contributed by atoms with van der Waals surface area (Å²) in [5, 5.41) is 12.5. The number of fused-ring (bicyclic) bond motifs is 1. The number of carbonyl (C=O) groups excluding carboxylic acids is 1. The zero-order valence-corrected chi connectivity index (χ0v) is 18.7. The molecule has 8 heteroatoms. The number of aryl methyl sites for hydroxylation is 3. The van der Waals surface area contributed by atoms with Crippen molar-refractivity contribution in [2.75, 3.05) is 10.7 Å². The van der Waals surface area contributed by atoms with Gasteiger partial charge in [-0.1, -0.05) is 66.2 Å². The van der Waals surface area contributed by atoms with Gasteiger partial charge in [-0.2, -0.15) is 0 Å². The normalized spacial score (nSPS) is 17.9. The first-order chi connectivity index (χ1) is 14.5. The number of rotatable bonds is 5. The third kappa shape index (κ3) is 4.18. The predicted octanol–water partition coefficient (Wildman–Crippen LogP) is 4.90. The van der Waals surface area contributed by atoms with Crippen LogP contribution in [0.4, 0.5) is 5.69 Å². The number of amides is 1. The molecule has 0 saturated carbocycles. The zero-order valence-electron chi connectivity index (χ0n) is 17.1. The van der Waals surface area contributed by atoms with Gasteiger partial charge in [0.2, 0.25) is 11.1 Å². The molecule has 2 aromatic carbocycles. The van der Waals surface area contributed by atoms with Crippen LogP contribution in [0.3, 0.4) is 0 Å². The average molecular weight is 442 g/mol. The van der Waals surface area contributed by atoms with Crippen molar-refractivity contribution in [2.45, 2.75) is 50.1 Å². The van der Waals surface area contributed by atoms with E-state index in [0.29, 0.717) is 10.2 Å². The molecule has 30 heavy (non-hydrogen) atoms. The summed E-state index contributed by atoms with van der Waals surface area (Å²) < 4.78 is 1.92. The van der Waals surface area contributed by atoms with Crippen LogP contribution in [0.1, 0.15) is 41.9 Å². The number of benzene rings is 2. The summed E-state index contributed by atoms with van der Waals surface area (Å²) in [6.45, 7) is 6.11. The maximum absolute atomic E-state index is 13.4. The van der Waals surface area contributed by atoms with Gasteiger partial charge in [-0.05, 0) is 43.5 Å². The van der Waals surface area contributed by atoms with Gasteiger partial charge in [0.05, 0.1) is 6.04 Å². The van der Waals surface area contributed by atoms with Crippen LogP contribution in [0.5, 0.6) is 0 Å². The molecule has 0 radical (unpaired) electrons. The van der Waals surface area contributed by atoms with Gasteiger partial charge in [0.25, 0.3) is 0 Å². The summed E-state index contributed by atoms with van der Waals surface area (Å²) in [5.41, 5.74) is 7.39. The largest absolute Gasteiger partial charge is 0.325 e. The number of nitrogens with zero attached hydrogens (tertiary/aromatic N) is 3. The summed E-state index contributed by atoms with van der Waals surface area (Å²) >= 11 is 7.56. The third-order valence-electron chi connectivity index (χ3n) is 5.13. The fraction of sp³-hybridized carbons (Fsp3) is 0.318. The molecule has 0 spiro atoms. The number of hydrogen-bond donors (Lipinski definition) is 2. The highest BCUT2D eigenvalue weighted by Crippen LogP contribution is 2.38. The smallest absolute Gasteiger partial charge is 0.240 e. The molecular weight excluding hydrogens is 418 g/mol. The highest BCUT2D eigenvalue weighted by Gasteiger charge is 2.37. The summed E-state index contributed by atoms with van der Waals surface area (Å²) in [7, 11) is 0. The number of anilines is 1. The van der Waals surface area contributed by atoms with Crippen LogP contribution in [0, 0.1) is 13.8 Å². The van der Waals surface area contributed by atoms with E-state index < -0.39 is 5.25 Å². The second-order valence-corrected chi connectivity index (χ2v) is 9.03. The van der Waals surface area contributed by atoms with E-state index in [1.54, 1.807) is 6.07 Å². The zero-order chi connectivity index (χ0) is 21.3. The van der Waals surface area contributed by atoms with Crippen LogP contribution in [-0.4, -0.2) is 26.0 Å². The number of halogens is 1. The lowest BCUT2D eigenvalue weighted by Crippen LogP contribution is -2.41. The second-order valence-electron chi connectivity index (χ2n) is 7.49. The Morgan fingerprint density at radius 1 is 1.20 bits per heavy atom. The van der Waals surface area contributed by atoms with E-state index in [0.717, 1.165) is 35.5 Å². The molecule has 156 valence electrons. The maximum atomic E-state index is 13.4. The van der Waals surface area contributed by atoms with Gasteiger partial charge in [-0.25, -0.2) is 4.68 Å². The minimum absolute atomic E-state index is 0.102. The van der Waals surface area contributed by atoms with Crippen LogP contribution >= 0.6 is 23.4 Å². The molecule has 0 bridgehead atoms. The van der Waals surface area contributed by atoms with Crippen LogP contribution < -0.4 is 10.7 Å². The van der Waals surface area contributed by atoms with Gasteiger partial charge in [0.1, 0.15) is 5.25 Å². The monoisotopic (exact) mass is 441 g/mol. The van der Waals surface area contributed by atoms with Crippen molar-refractivity contribution in [3.05, 3.63) is 70.0 Å². The summed E-state index contributed by atoms with van der Waals surface area (Å²) in [6, 6.07) is 13.5. The number of nitrogens with one attached hydrogen (secondary N) is 2. The van der Waals surface area contributed by atoms with Crippen molar-refractivity contribution in [3.63, 3.8) is 0 Å². The highest BCUT2D eigenvalue weighted by molar-refractivity contribution is 8.00. The lowest BCUT2D eigenvalue weighted by Gasteiger charge is -2.33. The van der Waals surface area contributed by atoms with Crippen molar-refractivity contribution < 1.29 is 4.79 Å². The van der Waals surface area contributed by atoms with Crippen molar-refractivity contribution in [1.29, 1.82) is 0 Å². The lowest BCUT2D eigenvalue weighted by molar-refractivity contribution is -0.116. The summed E-state index contributed by atoms with van der Waals surface area (Å²) in [4.78, 5) is 13.4. The molecule has 2 atom stereocenters. The highest BCUT2D eigenvalue weighted by atomic mass is 35.5. The van der Waals surface area contributed by atoms with Gasteiger partial charge >= 0.3 is 0 Å². The van der Waals surface area contributed by atoms with E-state index >= 15 is 0 Å². The molecule has 2 unspecified atom stereocenters. The van der Waals surface area contributed by atoms with Crippen LogP contribution in [0.25, 0.3) is 0 Å². The molecule has 4 rings (SSSR count). The predicted molar refractivity (Wildman–Crippen MR) is 122 cm³/mol. The van der Waals surface area contributed by atoms with Crippen LogP contribution in [-0.2, 0) is 11.2 Å². The van der Waals surface area contributed by atoms with Gasteiger partial charge in [0, 0.05) is 17.1 Å². The van der Waals surface area contributed by atoms with E-state index in [-0.39, 0.29) is 11.9 Å². The Morgan fingerprint density at radius 3 is 2.70 bits per heavy atom. The van der Waals surface area contributed by atoms with E-state index in [1.807, 2.05) is 23.7 Å². The molecule has 1 aliphatic rings. The minimum atomic E-state index is -0.419. The molecule has 0 fully saturated rings. The van der Waals surface area contributed by atoms with Crippen LogP contribution in [0.2, 0.25) is 5.02 Å². The first kappa shape index (κ1) is 20.8. The molecule has 0 saturated heterocycles. The number of hydrogen-bond acceptors (Lipinski definition) is 5. The van der Waals surface area contributed by atoms with Gasteiger partial charge in [-0.15, -0.1) is 10.2 Å². The van der Waals surface area contributed by atoms with Gasteiger partial charge in [0.15, 0.2) is 5.82 Å². The Kier molecular flexibility index (Phi) is 6.01. The summed E-state index contributed by atoms with van der Waals surface area (Å²) in [5.74, 6) is 0.774. The first-order valence-electron chi connectivity index (χ1n) is 9.97. The molecule has 2 N–H and O–H groups in total. The molecule has 1 aliphatic heterocycles. The number of carbonyl (C=O) groups is 1. The van der Waals surface area contributed by atoms with Gasteiger partial charge in [-0.3, -0.25) is 4.79 Å². The van der Waals surface area contributed by atoms with Crippen molar-refractivity contribution in [1.82, 2.24) is 14.9 Å². The van der Waals surface area contributed by atoms with Gasteiger partial charge < -0.3 is 10.7 Å². The van der Waals surface area contributed by atoms with Crippen molar-refractivity contribution in [2.24, 2.45) is 0 Å². The lowest BCUT2D eigenvalue weighted by atomic mass is 10.0. The summed E-state index contributed by atoms with van der Waals surface area (Å²) in [6.07, 6.45) is 1.79. The first-order valence-corrected chi connectivity index (χ1v) is 11.2. The Morgan fingerprint density at radius 2 is 1.97 bits per heavy atom. The Balaban J connectivity index is 1.68. The van der Waals surface area contributed by atoms with Crippen molar-refractivity contribution in [3.8, 4) is 0 Å². The molecule has 3 aromatic rings. The molecule has 6 nitrogen and oxygen atoms in total. The van der Waals surface area contributed by atoms with E-state index in [2.05, 4.69) is 59.1 Å². The maximum Gasteiger partial charge on any atom is 0.240 e. The van der Waals surface area contributed by atoms with E-state index in [9.17, 15) is 4.79 Å². The number of aromatic nitrogens is 3. The molecule has 1 aromatic heterocycles. The number of thioether (sulfide) groups is 1. The Bertz CT molecular complexity index is 1070. The minimum Gasteiger partial charge on any atom is -0.325 e. The molecular formula is C22H24ClN5OS. The Labute approximate surface area is 185 Å². The SMILES string of the molecule is CCCc1nnc2n1NC(c1ccc(C)cc1)C(C(=O)Nc1cc(Cl)ccc1C)S2. The topological polar surface area (TPSA) is 71.8 Å². The van der Waals surface area contributed by atoms with E-state index in [1.165, 1.54) is 17.3 Å². The fourth-order valence-electron chi connectivity index (χ4n) is 3.44. The average Bonchev–Trinajstić information content (AvgIpc) is 3.12. The standard InChI is InChI=1S/C22H24ClN5OS/c1-4-5-18-25-26-22-28(18)27-19(15-9-6-13(2)7-10-15)20(30-22)21(29)24-17-12-16(23)11-8-14(17)3/h6-12,19-20,27H,4-5H2,1-3H3,(H,24,29). The Hall–Kier alpha value is -2.51.